The Balaban J connectivity index is 1.75. The van der Waals surface area contributed by atoms with Crippen LogP contribution in [0.4, 0.5) is 9.39 Å². The quantitative estimate of drug-likeness (QED) is 0.901. The Morgan fingerprint density at radius 1 is 1.33 bits per heavy atom. The highest BCUT2D eigenvalue weighted by Gasteiger charge is 2.19. The number of halogens is 1. The maximum Gasteiger partial charge on any atom is 0.127 e. The lowest BCUT2D eigenvalue weighted by molar-refractivity contribution is 0.245. The smallest absolute Gasteiger partial charge is 0.127 e. The van der Waals surface area contributed by atoms with Crippen LogP contribution in [0.15, 0.2) is 30.3 Å². The Labute approximate surface area is 110 Å². The van der Waals surface area contributed by atoms with Gasteiger partial charge in [-0.25, -0.2) is 4.39 Å². The van der Waals surface area contributed by atoms with Crippen molar-refractivity contribution in [1.29, 1.82) is 0 Å². The van der Waals surface area contributed by atoms with Gasteiger partial charge in [0.05, 0.1) is 5.00 Å². The summed E-state index contributed by atoms with van der Waals surface area (Å²) in [5, 5.41) is 0.882. The van der Waals surface area contributed by atoms with Gasteiger partial charge in [0.1, 0.15) is 5.82 Å². The van der Waals surface area contributed by atoms with E-state index in [1.54, 1.807) is 17.4 Å². The molecule has 0 radical (unpaired) electrons. The number of hydrogen-bond donors (Lipinski definition) is 1. The summed E-state index contributed by atoms with van der Waals surface area (Å²) in [6, 6.07) is 9.06. The number of nitrogen functional groups attached to an aromatic ring is 1. The van der Waals surface area contributed by atoms with Gasteiger partial charge in [-0.2, -0.15) is 0 Å². The summed E-state index contributed by atoms with van der Waals surface area (Å²) in [6.07, 6.45) is 1.01. The lowest BCUT2D eigenvalue weighted by Gasteiger charge is -2.26. The van der Waals surface area contributed by atoms with Gasteiger partial charge in [-0.3, -0.25) is 4.90 Å². The third-order valence-electron chi connectivity index (χ3n) is 3.33. The molecule has 3 rings (SSSR count). The van der Waals surface area contributed by atoms with Gasteiger partial charge in [-0.1, -0.05) is 18.2 Å². The molecule has 2 N–H and O–H groups in total. The highest BCUT2D eigenvalue weighted by atomic mass is 32.1. The van der Waals surface area contributed by atoms with Gasteiger partial charge in [0.25, 0.3) is 0 Å². The number of nitrogens with two attached hydrogens (primary N) is 1. The fourth-order valence-corrected chi connectivity index (χ4v) is 3.42. The van der Waals surface area contributed by atoms with Crippen LogP contribution in [0.5, 0.6) is 0 Å². The number of benzene rings is 1. The molecule has 0 atom stereocenters. The Kier molecular flexibility index (Phi) is 3.06. The van der Waals surface area contributed by atoms with Gasteiger partial charge >= 0.3 is 0 Å². The molecule has 0 aliphatic carbocycles. The molecule has 1 aliphatic heterocycles. The summed E-state index contributed by atoms with van der Waals surface area (Å²) in [7, 11) is 0. The van der Waals surface area contributed by atoms with E-state index in [9.17, 15) is 4.39 Å². The first kappa shape index (κ1) is 11.7. The van der Waals surface area contributed by atoms with Crippen LogP contribution in [0.1, 0.15) is 16.0 Å². The minimum Gasteiger partial charge on any atom is -0.391 e. The first-order valence-electron chi connectivity index (χ1n) is 6.05. The fourth-order valence-electron chi connectivity index (χ4n) is 2.40. The predicted molar refractivity (Wildman–Crippen MR) is 72.9 cm³/mol. The van der Waals surface area contributed by atoms with Crippen molar-refractivity contribution in [2.24, 2.45) is 0 Å². The number of hydrogen-bond acceptors (Lipinski definition) is 3. The molecule has 2 nitrogen and oxygen atoms in total. The molecule has 18 heavy (non-hydrogen) atoms. The molecule has 1 aromatic heterocycles. The molecule has 2 aromatic rings. The Hall–Kier alpha value is -1.39. The van der Waals surface area contributed by atoms with Crippen molar-refractivity contribution in [2.45, 2.75) is 19.5 Å². The van der Waals surface area contributed by atoms with Crippen LogP contribution >= 0.6 is 11.3 Å². The number of fused-ring (bicyclic) bond motifs is 1. The molecule has 1 aliphatic rings. The minimum absolute atomic E-state index is 0.117. The number of rotatable bonds is 2. The molecule has 1 aromatic carbocycles. The molecule has 0 unspecified atom stereocenters. The van der Waals surface area contributed by atoms with Gasteiger partial charge in [-0.15, -0.1) is 11.3 Å². The summed E-state index contributed by atoms with van der Waals surface area (Å²) >= 11 is 1.65. The molecule has 0 saturated heterocycles. The van der Waals surface area contributed by atoms with E-state index < -0.39 is 0 Å². The largest absolute Gasteiger partial charge is 0.391 e. The highest BCUT2D eigenvalue weighted by molar-refractivity contribution is 7.16. The second kappa shape index (κ2) is 4.71. The third-order valence-corrected chi connectivity index (χ3v) is 4.32. The van der Waals surface area contributed by atoms with Crippen LogP contribution in [0.25, 0.3) is 0 Å². The third kappa shape index (κ3) is 2.26. The molecule has 0 bridgehead atoms. The molecule has 94 valence electrons. The standard InChI is InChI=1S/C14H15FN2S/c15-12-4-2-1-3-11(12)8-17-6-5-10-7-14(16)18-13(10)9-17/h1-4,7H,5-6,8-9,16H2. The highest BCUT2D eigenvalue weighted by Crippen LogP contribution is 2.30. The second-order valence-corrected chi connectivity index (χ2v) is 5.82. The van der Waals surface area contributed by atoms with Crippen molar-refractivity contribution >= 4 is 16.3 Å². The molecule has 0 spiro atoms. The van der Waals surface area contributed by atoms with E-state index in [-0.39, 0.29) is 5.82 Å². The monoisotopic (exact) mass is 262 g/mol. The molecular formula is C14H15FN2S. The summed E-state index contributed by atoms with van der Waals surface area (Å²) in [4.78, 5) is 3.60. The molecule has 4 heteroatoms. The Bertz CT molecular complexity index is 565. The topological polar surface area (TPSA) is 29.3 Å². The molecule has 0 amide bonds. The minimum atomic E-state index is -0.117. The van der Waals surface area contributed by atoms with E-state index in [0.717, 1.165) is 30.1 Å². The Morgan fingerprint density at radius 3 is 3.00 bits per heavy atom. The summed E-state index contributed by atoms with van der Waals surface area (Å²) in [6.45, 7) is 2.52. The van der Waals surface area contributed by atoms with Gasteiger partial charge in [0.15, 0.2) is 0 Å². The predicted octanol–water partition coefficient (Wildman–Crippen LogP) is 3.03. The van der Waals surface area contributed by atoms with Crippen LogP contribution in [0.3, 0.4) is 0 Å². The SMILES string of the molecule is Nc1cc2c(s1)CN(Cc1ccccc1F)CC2. The lowest BCUT2D eigenvalue weighted by Crippen LogP contribution is -2.29. The van der Waals surface area contributed by atoms with Gasteiger partial charge in [0.2, 0.25) is 0 Å². The van der Waals surface area contributed by atoms with E-state index in [0.29, 0.717) is 6.54 Å². The maximum atomic E-state index is 13.6. The first-order chi connectivity index (χ1) is 8.72. The average molecular weight is 262 g/mol. The van der Waals surface area contributed by atoms with E-state index in [2.05, 4.69) is 11.0 Å². The van der Waals surface area contributed by atoms with Crippen molar-refractivity contribution in [3.63, 3.8) is 0 Å². The van der Waals surface area contributed by atoms with Crippen molar-refractivity contribution in [3.8, 4) is 0 Å². The summed E-state index contributed by atoms with van der Waals surface area (Å²) in [5.41, 5.74) is 7.95. The first-order valence-corrected chi connectivity index (χ1v) is 6.87. The van der Waals surface area contributed by atoms with Crippen LogP contribution in [0, 0.1) is 5.82 Å². The number of thiophene rings is 1. The normalized spacial score (nSPS) is 15.6. The van der Waals surface area contributed by atoms with E-state index in [1.807, 2.05) is 12.1 Å². The van der Waals surface area contributed by atoms with Crippen molar-refractivity contribution in [1.82, 2.24) is 4.90 Å². The maximum absolute atomic E-state index is 13.6. The van der Waals surface area contributed by atoms with Crippen molar-refractivity contribution in [2.75, 3.05) is 12.3 Å². The molecule has 2 heterocycles. The zero-order chi connectivity index (χ0) is 12.5. The lowest BCUT2D eigenvalue weighted by atomic mass is 10.1. The molecular weight excluding hydrogens is 247 g/mol. The zero-order valence-corrected chi connectivity index (χ0v) is 10.8. The number of nitrogens with zero attached hydrogens (tertiary/aromatic N) is 1. The number of anilines is 1. The van der Waals surface area contributed by atoms with Crippen LogP contribution in [-0.2, 0) is 19.5 Å². The van der Waals surface area contributed by atoms with Gasteiger partial charge in [0, 0.05) is 30.1 Å². The molecule has 0 fully saturated rings. The van der Waals surface area contributed by atoms with Crippen LogP contribution in [-0.4, -0.2) is 11.4 Å². The molecule has 0 saturated carbocycles. The van der Waals surface area contributed by atoms with Crippen molar-refractivity contribution < 1.29 is 4.39 Å². The zero-order valence-electron chi connectivity index (χ0n) is 10.0. The van der Waals surface area contributed by atoms with Gasteiger partial charge < -0.3 is 5.73 Å². The van der Waals surface area contributed by atoms with Crippen LogP contribution < -0.4 is 5.73 Å². The Morgan fingerprint density at radius 2 is 2.17 bits per heavy atom. The van der Waals surface area contributed by atoms with E-state index in [4.69, 9.17) is 5.73 Å². The fraction of sp³-hybridized carbons (Fsp3) is 0.286. The average Bonchev–Trinajstić information content (AvgIpc) is 2.71. The summed E-state index contributed by atoms with van der Waals surface area (Å²) < 4.78 is 13.6. The van der Waals surface area contributed by atoms with Crippen molar-refractivity contribution in [3.05, 3.63) is 52.2 Å². The van der Waals surface area contributed by atoms with Gasteiger partial charge in [-0.05, 0) is 24.1 Å². The van der Waals surface area contributed by atoms with Crippen LogP contribution in [0.2, 0.25) is 0 Å². The summed E-state index contributed by atoms with van der Waals surface area (Å²) in [5.74, 6) is -0.117. The second-order valence-electron chi connectivity index (χ2n) is 4.65. The van der Waals surface area contributed by atoms with E-state index in [1.165, 1.54) is 16.5 Å². The van der Waals surface area contributed by atoms with E-state index >= 15 is 0 Å².